The standard InChI is InChI=1S/C15H19NO2S/c1-11(2)6-4-7-12(3)10-14-16-18-15(17-14)13-8-5-9-19-13/h5-6,8-10,15H,4,7H2,1-3H3/b12-10+. The number of nitrogens with zero attached hydrogens (tertiary/aromatic N) is 1. The summed E-state index contributed by atoms with van der Waals surface area (Å²) in [5.41, 5.74) is 2.59. The molecule has 0 fully saturated rings. The van der Waals surface area contributed by atoms with Crippen LogP contribution in [0.1, 0.15) is 44.8 Å². The highest BCUT2D eigenvalue weighted by Crippen LogP contribution is 2.28. The van der Waals surface area contributed by atoms with Crippen LogP contribution in [-0.2, 0) is 9.57 Å². The Bertz CT molecular complexity index is 496. The van der Waals surface area contributed by atoms with Gasteiger partial charge in [-0.2, -0.15) is 0 Å². The van der Waals surface area contributed by atoms with Gasteiger partial charge in [-0.25, -0.2) is 0 Å². The zero-order valence-corrected chi connectivity index (χ0v) is 12.4. The van der Waals surface area contributed by atoms with E-state index in [2.05, 4.69) is 32.0 Å². The first-order valence-electron chi connectivity index (χ1n) is 6.39. The first-order chi connectivity index (χ1) is 9.15. The number of hydrogen-bond acceptors (Lipinski definition) is 4. The number of rotatable bonds is 5. The van der Waals surface area contributed by atoms with E-state index in [-0.39, 0.29) is 6.29 Å². The maximum Gasteiger partial charge on any atom is 0.302 e. The summed E-state index contributed by atoms with van der Waals surface area (Å²) in [6.07, 6.45) is 5.87. The lowest BCUT2D eigenvalue weighted by Crippen LogP contribution is -2.01. The van der Waals surface area contributed by atoms with Gasteiger partial charge in [-0.1, -0.05) is 23.3 Å². The van der Waals surface area contributed by atoms with Crippen LogP contribution in [0.5, 0.6) is 0 Å². The summed E-state index contributed by atoms with van der Waals surface area (Å²) in [6.45, 7) is 6.31. The topological polar surface area (TPSA) is 30.8 Å². The lowest BCUT2D eigenvalue weighted by molar-refractivity contribution is -0.0470. The highest BCUT2D eigenvalue weighted by Gasteiger charge is 2.23. The average molecular weight is 277 g/mol. The molecule has 0 N–H and O–H groups in total. The van der Waals surface area contributed by atoms with Gasteiger partial charge in [-0.05, 0) is 50.2 Å². The fourth-order valence-electron chi connectivity index (χ4n) is 1.72. The van der Waals surface area contributed by atoms with Gasteiger partial charge >= 0.3 is 6.29 Å². The number of hydrogen-bond donors (Lipinski definition) is 0. The molecule has 0 saturated carbocycles. The van der Waals surface area contributed by atoms with Crippen molar-refractivity contribution in [3.05, 3.63) is 45.7 Å². The predicted octanol–water partition coefficient (Wildman–Crippen LogP) is 4.80. The first kappa shape index (κ1) is 13.9. The van der Waals surface area contributed by atoms with Crippen molar-refractivity contribution in [2.75, 3.05) is 0 Å². The molecule has 1 aromatic heterocycles. The molecule has 3 nitrogen and oxygen atoms in total. The Morgan fingerprint density at radius 2 is 2.26 bits per heavy atom. The molecule has 2 rings (SSSR count). The third-order valence-corrected chi connectivity index (χ3v) is 3.60. The van der Waals surface area contributed by atoms with Crippen molar-refractivity contribution < 1.29 is 9.57 Å². The molecule has 1 aliphatic rings. The third-order valence-electron chi connectivity index (χ3n) is 2.70. The van der Waals surface area contributed by atoms with Crippen LogP contribution >= 0.6 is 11.3 Å². The largest absolute Gasteiger partial charge is 0.428 e. The Morgan fingerprint density at radius 3 is 2.95 bits per heavy atom. The van der Waals surface area contributed by atoms with E-state index in [4.69, 9.17) is 9.57 Å². The van der Waals surface area contributed by atoms with Gasteiger partial charge in [0.25, 0.3) is 5.90 Å². The van der Waals surface area contributed by atoms with Crippen LogP contribution < -0.4 is 0 Å². The van der Waals surface area contributed by atoms with Crippen molar-refractivity contribution in [2.45, 2.75) is 39.9 Å². The molecule has 0 radical (unpaired) electrons. The summed E-state index contributed by atoms with van der Waals surface area (Å²) in [6, 6.07) is 3.96. The molecule has 0 bridgehead atoms. The number of thiophene rings is 1. The highest BCUT2D eigenvalue weighted by molar-refractivity contribution is 7.10. The number of allylic oxidation sites excluding steroid dienone is 3. The van der Waals surface area contributed by atoms with Gasteiger partial charge in [0.05, 0.1) is 4.88 Å². The summed E-state index contributed by atoms with van der Waals surface area (Å²) in [5, 5.41) is 5.97. The van der Waals surface area contributed by atoms with Crippen molar-refractivity contribution in [1.29, 1.82) is 0 Å². The van der Waals surface area contributed by atoms with Crippen LogP contribution in [0.25, 0.3) is 0 Å². The van der Waals surface area contributed by atoms with Gasteiger partial charge in [0.1, 0.15) is 0 Å². The maximum absolute atomic E-state index is 5.65. The Kier molecular flexibility index (Phi) is 4.80. The second kappa shape index (κ2) is 6.57. The molecule has 2 heterocycles. The molecule has 0 aromatic carbocycles. The molecule has 19 heavy (non-hydrogen) atoms. The molecule has 102 valence electrons. The molecule has 1 aromatic rings. The summed E-state index contributed by atoms with van der Waals surface area (Å²) < 4.78 is 5.65. The second-order valence-corrected chi connectivity index (χ2v) is 5.79. The molecule has 1 atom stereocenters. The fraction of sp³-hybridized carbons (Fsp3) is 0.400. The zero-order chi connectivity index (χ0) is 13.7. The smallest absolute Gasteiger partial charge is 0.302 e. The third kappa shape index (κ3) is 4.24. The van der Waals surface area contributed by atoms with E-state index in [0.717, 1.165) is 17.7 Å². The SMILES string of the molecule is CC(C)=CCC/C(C)=C/C1=NOC(c2cccs2)O1. The Hall–Kier alpha value is -1.55. The summed E-state index contributed by atoms with van der Waals surface area (Å²) in [5.74, 6) is 0.563. The Labute approximate surface area is 118 Å². The van der Waals surface area contributed by atoms with Gasteiger partial charge in [0.15, 0.2) is 0 Å². The van der Waals surface area contributed by atoms with Crippen molar-refractivity contribution in [3.63, 3.8) is 0 Å². The maximum atomic E-state index is 5.65. The lowest BCUT2D eigenvalue weighted by atomic mass is 10.1. The van der Waals surface area contributed by atoms with Crippen molar-refractivity contribution in [3.8, 4) is 0 Å². The van der Waals surface area contributed by atoms with Crippen LogP contribution in [0.2, 0.25) is 0 Å². The summed E-state index contributed by atoms with van der Waals surface area (Å²) >= 11 is 1.61. The first-order valence-corrected chi connectivity index (χ1v) is 7.27. The molecule has 1 unspecified atom stereocenters. The minimum absolute atomic E-state index is 0.378. The molecule has 0 spiro atoms. The van der Waals surface area contributed by atoms with E-state index in [1.54, 1.807) is 11.3 Å². The Morgan fingerprint density at radius 1 is 1.42 bits per heavy atom. The van der Waals surface area contributed by atoms with Crippen molar-refractivity contribution in [2.24, 2.45) is 5.16 Å². The molecule has 1 aliphatic heterocycles. The van der Waals surface area contributed by atoms with Gasteiger partial charge in [-0.15, -0.1) is 11.3 Å². The predicted molar refractivity (Wildman–Crippen MR) is 79.1 cm³/mol. The summed E-state index contributed by atoms with van der Waals surface area (Å²) in [7, 11) is 0. The normalized spacial score (nSPS) is 18.6. The Balaban J connectivity index is 1.85. The monoisotopic (exact) mass is 277 g/mol. The molecule has 0 aliphatic carbocycles. The number of ether oxygens (including phenoxy) is 1. The molecule has 4 heteroatoms. The van der Waals surface area contributed by atoms with Crippen LogP contribution in [0, 0.1) is 0 Å². The molecule has 0 amide bonds. The molecule has 0 saturated heterocycles. The van der Waals surface area contributed by atoms with Crippen molar-refractivity contribution in [1.82, 2.24) is 0 Å². The molecular formula is C15H19NO2S. The minimum Gasteiger partial charge on any atom is -0.428 e. The van der Waals surface area contributed by atoms with Crippen LogP contribution in [0.3, 0.4) is 0 Å². The molecular weight excluding hydrogens is 258 g/mol. The number of oxime groups is 1. The van der Waals surface area contributed by atoms with Gasteiger partial charge < -0.3 is 9.57 Å². The van der Waals surface area contributed by atoms with E-state index < -0.39 is 0 Å². The minimum atomic E-state index is -0.378. The van der Waals surface area contributed by atoms with E-state index in [9.17, 15) is 0 Å². The summed E-state index contributed by atoms with van der Waals surface area (Å²) in [4.78, 5) is 6.31. The van der Waals surface area contributed by atoms with Gasteiger partial charge in [-0.3, -0.25) is 0 Å². The van der Waals surface area contributed by atoms with Crippen LogP contribution in [0.4, 0.5) is 0 Å². The van der Waals surface area contributed by atoms with Crippen molar-refractivity contribution >= 4 is 17.2 Å². The zero-order valence-electron chi connectivity index (χ0n) is 11.6. The van der Waals surface area contributed by atoms with Crippen LogP contribution in [-0.4, -0.2) is 5.90 Å². The van der Waals surface area contributed by atoms with Gasteiger partial charge in [0.2, 0.25) is 0 Å². The van der Waals surface area contributed by atoms with E-state index in [1.807, 2.05) is 23.6 Å². The van der Waals surface area contributed by atoms with E-state index in [1.165, 1.54) is 11.1 Å². The van der Waals surface area contributed by atoms with E-state index >= 15 is 0 Å². The second-order valence-electron chi connectivity index (χ2n) is 4.81. The van der Waals surface area contributed by atoms with Gasteiger partial charge in [0, 0.05) is 6.08 Å². The fourth-order valence-corrected chi connectivity index (χ4v) is 2.39. The lowest BCUT2D eigenvalue weighted by Gasteiger charge is -2.05. The highest BCUT2D eigenvalue weighted by atomic mass is 32.1. The quantitative estimate of drug-likeness (QED) is 0.724. The average Bonchev–Trinajstić information content (AvgIpc) is 2.97. The van der Waals surface area contributed by atoms with E-state index in [0.29, 0.717) is 5.90 Å². The van der Waals surface area contributed by atoms with Crippen LogP contribution in [0.15, 0.2) is 46.0 Å².